The second-order valence-electron chi connectivity index (χ2n) is 6.05. The molecule has 2 atom stereocenters. The number of hydrogen-bond donors (Lipinski definition) is 1. The monoisotopic (exact) mass is 302 g/mol. The molecule has 1 fully saturated rings. The molecule has 3 rings (SSSR count). The maximum Gasteiger partial charge on any atom is 0.146 e. The van der Waals surface area contributed by atoms with Crippen molar-refractivity contribution in [3.05, 3.63) is 65.7 Å². The summed E-state index contributed by atoms with van der Waals surface area (Å²) in [7, 11) is 0. The van der Waals surface area contributed by atoms with Gasteiger partial charge in [-0.1, -0.05) is 30.3 Å². The molecule has 2 nitrogen and oxygen atoms in total. The molecule has 0 aromatic heterocycles. The van der Waals surface area contributed by atoms with Crippen LogP contribution in [0.3, 0.4) is 0 Å². The molecular formula is C18H20F2N2. The van der Waals surface area contributed by atoms with E-state index < -0.39 is 11.6 Å². The van der Waals surface area contributed by atoms with Gasteiger partial charge in [-0.25, -0.2) is 8.78 Å². The first-order valence-corrected chi connectivity index (χ1v) is 7.61. The van der Waals surface area contributed by atoms with E-state index in [4.69, 9.17) is 5.73 Å². The van der Waals surface area contributed by atoms with E-state index >= 15 is 0 Å². The molecule has 2 aromatic carbocycles. The SMILES string of the molecule is NC1CC(Cc2ccccc2)CN(c2cc(F)ccc2F)C1. The molecule has 1 saturated heterocycles. The van der Waals surface area contributed by atoms with Crippen LogP contribution in [0.1, 0.15) is 12.0 Å². The number of anilines is 1. The number of piperidine rings is 1. The summed E-state index contributed by atoms with van der Waals surface area (Å²) in [6, 6.07) is 13.8. The molecule has 2 N–H and O–H groups in total. The summed E-state index contributed by atoms with van der Waals surface area (Å²) in [6.07, 6.45) is 1.81. The van der Waals surface area contributed by atoms with Gasteiger partial charge in [0.05, 0.1) is 5.69 Å². The Morgan fingerprint density at radius 1 is 1.05 bits per heavy atom. The van der Waals surface area contributed by atoms with Crippen LogP contribution in [0.25, 0.3) is 0 Å². The van der Waals surface area contributed by atoms with E-state index in [9.17, 15) is 8.78 Å². The third-order valence-electron chi connectivity index (χ3n) is 4.19. The molecule has 0 spiro atoms. The van der Waals surface area contributed by atoms with Gasteiger partial charge in [0.25, 0.3) is 0 Å². The lowest BCUT2D eigenvalue weighted by atomic mass is 9.89. The summed E-state index contributed by atoms with van der Waals surface area (Å²) in [4.78, 5) is 1.88. The highest BCUT2D eigenvalue weighted by Gasteiger charge is 2.27. The molecule has 0 bridgehead atoms. The van der Waals surface area contributed by atoms with Crippen molar-refractivity contribution < 1.29 is 8.78 Å². The van der Waals surface area contributed by atoms with Gasteiger partial charge in [-0.15, -0.1) is 0 Å². The Labute approximate surface area is 129 Å². The Kier molecular flexibility index (Phi) is 4.39. The maximum atomic E-state index is 14.0. The van der Waals surface area contributed by atoms with Gasteiger partial charge < -0.3 is 10.6 Å². The summed E-state index contributed by atoms with van der Waals surface area (Å²) in [5, 5.41) is 0. The number of hydrogen-bond acceptors (Lipinski definition) is 2. The third kappa shape index (κ3) is 3.45. The zero-order valence-corrected chi connectivity index (χ0v) is 12.4. The average molecular weight is 302 g/mol. The van der Waals surface area contributed by atoms with Crippen molar-refractivity contribution in [2.75, 3.05) is 18.0 Å². The molecule has 4 heteroatoms. The number of nitrogens with zero attached hydrogens (tertiary/aromatic N) is 1. The lowest BCUT2D eigenvalue weighted by molar-refractivity contribution is 0.372. The van der Waals surface area contributed by atoms with E-state index in [1.54, 1.807) is 0 Å². The molecule has 2 unspecified atom stereocenters. The fourth-order valence-electron chi connectivity index (χ4n) is 3.27. The molecule has 0 radical (unpaired) electrons. The number of nitrogens with two attached hydrogens (primary N) is 1. The van der Waals surface area contributed by atoms with Gasteiger partial charge in [0.2, 0.25) is 0 Å². The molecule has 0 amide bonds. The van der Waals surface area contributed by atoms with Crippen molar-refractivity contribution in [2.24, 2.45) is 11.7 Å². The number of benzene rings is 2. The molecule has 1 heterocycles. The topological polar surface area (TPSA) is 29.3 Å². The normalized spacial score (nSPS) is 21.9. The summed E-state index contributed by atoms with van der Waals surface area (Å²) in [6.45, 7) is 1.26. The van der Waals surface area contributed by atoms with Gasteiger partial charge in [-0.05, 0) is 36.5 Å². The van der Waals surface area contributed by atoms with E-state index in [1.807, 2.05) is 23.1 Å². The van der Waals surface area contributed by atoms with E-state index in [-0.39, 0.29) is 6.04 Å². The molecule has 0 aliphatic carbocycles. The van der Waals surface area contributed by atoms with Crippen LogP contribution in [0.15, 0.2) is 48.5 Å². The smallest absolute Gasteiger partial charge is 0.146 e. The number of halogens is 2. The van der Waals surface area contributed by atoms with E-state index in [0.29, 0.717) is 24.7 Å². The van der Waals surface area contributed by atoms with E-state index in [2.05, 4.69) is 12.1 Å². The van der Waals surface area contributed by atoms with Crippen molar-refractivity contribution >= 4 is 5.69 Å². The first-order valence-electron chi connectivity index (χ1n) is 7.61. The van der Waals surface area contributed by atoms with Crippen molar-refractivity contribution in [3.8, 4) is 0 Å². The fraction of sp³-hybridized carbons (Fsp3) is 0.333. The van der Waals surface area contributed by atoms with Crippen molar-refractivity contribution in [2.45, 2.75) is 18.9 Å². The summed E-state index contributed by atoms with van der Waals surface area (Å²) in [5.74, 6) is -0.474. The lowest BCUT2D eigenvalue weighted by Crippen LogP contribution is -2.48. The Balaban J connectivity index is 1.77. The van der Waals surface area contributed by atoms with Crippen LogP contribution in [-0.4, -0.2) is 19.1 Å². The highest BCUT2D eigenvalue weighted by molar-refractivity contribution is 5.49. The molecular weight excluding hydrogens is 282 g/mol. The van der Waals surface area contributed by atoms with Crippen LogP contribution in [-0.2, 0) is 6.42 Å². The quantitative estimate of drug-likeness (QED) is 0.942. The zero-order chi connectivity index (χ0) is 15.5. The predicted molar refractivity (Wildman–Crippen MR) is 84.8 cm³/mol. The molecule has 22 heavy (non-hydrogen) atoms. The molecule has 1 aliphatic rings. The first kappa shape index (κ1) is 15.0. The maximum absolute atomic E-state index is 14.0. The number of rotatable bonds is 3. The third-order valence-corrected chi connectivity index (χ3v) is 4.19. The molecule has 116 valence electrons. The summed E-state index contributed by atoms with van der Waals surface area (Å²) >= 11 is 0. The molecule has 2 aromatic rings. The summed E-state index contributed by atoms with van der Waals surface area (Å²) in [5.41, 5.74) is 7.70. The summed E-state index contributed by atoms with van der Waals surface area (Å²) < 4.78 is 27.4. The second kappa shape index (κ2) is 6.44. The molecule has 0 saturated carbocycles. The predicted octanol–water partition coefficient (Wildman–Crippen LogP) is 3.36. The van der Waals surface area contributed by atoms with E-state index in [1.165, 1.54) is 17.7 Å². The van der Waals surface area contributed by atoms with Crippen LogP contribution >= 0.6 is 0 Å². The van der Waals surface area contributed by atoms with Gasteiger partial charge >= 0.3 is 0 Å². The zero-order valence-electron chi connectivity index (χ0n) is 12.4. The Hall–Kier alpha value is -1.94. The second-order valence-corrected chi connectivity index (χ2v) is 6.05. The largest absolute Gasteiger partial charge is 0.367 e. The lowest BCUT2D eigenvalue weighted by Gasteiger charge is -2.38. The average Bonchev–Trinajstić information content (AvgIpc) is 2.50. The minimum Gasteiger partial charge on any atom is -0.367 e. The Bertz CT molecular complexity index is 630. The first-order chi connectivity index (χ1) is 10.6. The highest BCUT2D eigenvalue weighted by Crippen LogP contribution is 2.27. The minimum absolute atomic E-state index is 0.0230. The fourth-order valence-corrected chi connectivity index (χ4v) is 3.27. The van der Waals surface area contributed by atoms with Gasteiger partial charge in [-0.2, -0.15) is 0 Å². The Morgan fingerprint density at radius 2 is 1.82 bits per heavy atom. The van der Waals surface area contributed by atoms with Gasteiger partial charge in [0.1, 0.15) is 11.6 Å². The Morgan fingerprint density at radius 3 is 2.59 bits per heavy atom. The minimum atomic E-state index is -0.421. The van der Waals surface area contributed by atoms with E-state index in [0.717, 1.165) is 18.9 Å². The van der Waals surface area contributed by atoms with Crippen LogP contribution in [0.2, 0.25) is 0 Å². The van der Waals surface area contributed by atoms with Crippen LogP contribution < -0.4 is 10.6 Å². The van der Waals surface area contributed by atoms with Gasteiger partial charge in [0.15, 0.2) is 0 Å². The highest BCUT2D eigenvalue weighted by atomic mass is 19.1. The van der Waals surface area contributed by atoms with Crippen LogP contribution in [0.5, 0.6) is 0 Å². The van der Waals surface area contributed by atoms with Crippen molar-refractivity contribution in [1.29, 1.82) is 0 Å². The molecule has 1 aliphatic heterocycles. The van der Waals surface area contributed by atoms with Gasteiger partial charge in [-0.3, -0.25) is 0 Å². The van der Waals surface area contributed by atoms with Crippen molar-refractivity contribution in [1.82, 2.24) is 0 Å². The van der Waals surface area contributed by atoms with Crippen molar-refractivity contribution in [3.63, 3.8) is 0 Å². The van der Waals surface area contributed by atoms with Crippen LogP contribution in [0, 0.1) is 17.6 Å². The standard InChI is InChI=1S/C18H20F2N2/c19-15-6-7-17(20)18(10-15)22-11-14(9-16(21)12-22)8-13-4-2-1-3-5-13/h1-7,10,14,16H,8-9,11-12,21H2. The van der Waals surface area contributed by atoms with Gasteiger partial charge in [0, 0.05) is 25.2 Å². The van der Waals surface area contributed by atoms with Crippen LogP contribution in [0.4, 0.5) is 14.5 Å².